The molecule has 1 aromatic carbocycles. The smallest absolute Gasteiger partial charge is 0.187 e. The van der Waals surface area contributed by atoms with E-state index < -0.39 is 0 Å². The average molecular weight is 264 g/mol. The van der Waals surface area contributed by atoms with Gasteiger partial charge in [-0.15, -0.1) is 5.10 Å². The van der Waals surface area contributed by atoms with Crippen LogP contribution in [-0.4, -0.2) is 25.8 Å². The van der Waals surface area contributed by atoms with E-state index in [9.17, 15) is 4.79 Å². The molecule has 0 unspecified atom stereocenters. The maximum Gasteiger partial charge on any atom is 0.187 e. The third-order valence-electron chi connectivity index (χ3n) is 2.95. The first kappa shape index (κ1) is 12.2. The molecule has 0 aliphatic heterocycles. The molecule has 0 saturated heterocycles. The van der Waals surface area contributed by atoms with Crippen molar-refractivity contribution in [3.63, 3.8) is 0 Å². The van der Waals surface area contributed by atoms with Gasteiger partial charge in [0.15, 0.2) is 5.78 Å². The molecule has 0 fully saturated rings. The second-order valence-corrected chi connectivity index (χ2v) is 4.32. The number of nitrogens with zero attached hydrogens (tertiary/aromatic N) is 4. The summed E-state index contributed by atoms with van der Waals surface area (Å²) in [5, 5.41) is 7.82. The van der Waals surface area contributed by atoms with Crippen LogP contribution >= 0.6 is 0 Å². The van der Waals surface area contributed by atoms with Gasteiger partial charge in [0, 0.05) is 18.8 Å². The molecular formula is C15H12N4O. The summed E-state index contributed by atoms with van der Waals surface area (Å²) >= 11 is 0. The number of hydrogen-bond donors (Lipinski definition) is 0. The quantitative estimate of drug-likeness (QED) is 0.677. The maximum absolute atomic E-state index is 12.3. The molecule has 5 nitrogen and oxygen atoms in total. The van der Waals surface area contributed by atoms with Gasteiger partial charge in [-0.05, 0) is 29.8 Å². The van der Waals surface area contributed by atoms with Crippen molar-refractivity contribution in [2.45, 2.75) is 6.42 Å². The maximum atomic E-state index is 12.3. The zero-order valence-electron chi connectivity index (χ0n) is 10.7. The highest BCUT2D eigenvalue weighted by atomic mass is 16.1. The predicted octanol–water partition coefficient (Wildman–Crippen LogP) is 2.09. The number of pyridine rings is 1. The predicted molar refractivity (Wildman–Crippen MR) is 73.6 cm³/mol. The van der Waals surface area contributed by atoms with Gasteiger partial charge in [-0.25, -0.2) is 4.68 Å². The average Bonchev–Trinajstić information content (AvgIpc) is 2.99. The molecule has 0 saturated carbocycles. The molecule has 98 valence electrons. The molecule has 3 rings (SSSR count). The molecule has 3 aromatic rings. The molecule has 20 heavy (non-hydrogen) atoms. The van der Waals surface area contributed by atoms with E-state index in [0.29, 0.717) is 12.1 Å². The molecule has 2 aromatic heterocycles. The zero-order chi connectivity index (χ0) is 13.8. The normalized spacial score (nSPS) is 10.4. The van der Waals surface area contributed by atoms with Crippen molar-refractivity contribution in [2.24, 2.45) is 0 Å². The molecule has 0 atom stereocenters. The minimum Gasteiger partial charge on any atom is -0.292 e. The van der Waals surface area contributed by atoms with Crippen LogP contribution in [0.5, 0.6) is 0 Å². The number of benzene rings is 1. The fourth-order valence-electron chi connectivity index (χ4n) is 1.96. The summed E-state index contributed by atoms with van der Waals surface area (Å²) in [6.45, 7) is 0. The molecule has 0 amide bonds. The Bertz CT molecular complexity index is 707. The van der Waals surface area contributed by atoms with Gasteiger partial charge >= 0.3 is 0 Å². The molecule has 0 aliphatic carbocycles. The first-order valence-corrected chi connectivity index (χ1v) is 6.23. The van der Waals surface area contributed by atoms with Gasteiger partial charge in [0.05, 0.1) is 11.9 Å². The second-order valence-electron chi connectivity index (χ2n) is 4.32. The third-order valence-corrected chi connectivity index (χ3v) is 2.95. The van der Waals surface area contributed by atoms with E-state index in [2.05, 4.69) is 15.3 Å². The molecule has 0 bridgehead atoms. The summed E-state index contributed by atoms with van der Waals surface area (Å²) in [7, 11) is 0. The number of carbonyl (C=O) groups excluding carboxylic acids is 1. The van der Waals surface area contributed by atoms with Gasteiger partial charge in [0.2, 0.25) is 0 Å². The van der Waals surface area contributed by atoms with Crippen LogP contribution in [0.2, 0.25) is 0 Å². The van der Waals surface area contributed by atoms with E-state index in [0.717, 1.165) is 11.3 Å². The van der Waals surface area contributed by atoms with E-state index in [-0.39, 0.29) is 5.78 Å². The van der Waals surface area contributed by atoms with Crippen LogP contribution in [0.25, 0.3) is 5.69 Å². The molecule has 0 spiro atoms. The summed E-state index contributed by atoms with van der Waals surface area (Å²) in [4.78, 5) is 16.3. The Kier molecular flexibility index (Phi) is 3.33. The Balaban J connectivity index is 1.88. The van der Waals surface area contributed by atoms with E-state index in [1.807, 2.05) is 42.5 Å². The van der Waals surface area contributed by atoms with Gasteiger partial charge < -0.3 is 0 Å². The van der Waals surface area contributed by atoms with Crippen LogP contribution in [0.3, 0.4) is 0 Å². The first-order valence-electron chi connectivity index (χ1n) is 6.23. The largest absolute Gasteiger partial charge is 0.292 e. The van der Waals surface area contributed by atoms with Crippen LogP contribution in [-0.2, 0) is 6.42 Å². The monoisotopic (exact) mass is 264 g/mol. The number of aromatic nitrogens is 4. The summed E-state index contributed by atoms with van der Waals surface area (Å²) in [5.41, 5.74) is 2.22. The van der Waals surface area contributed by atoms with Gasteiger partial charge in [0.1, 0.15) is 5.69 Å². The molecular weight excluding hydrogens is 252 g/mol. The Morgan fingerprint density at radius 1 is 1.05 bits per heavy atom. The molecule has 0 aliphatic rings. The fourth-order valence-corrected chi connectivity index (χ4v) is 1.96. The van der Waals surface area contributed by atoms with Crippen molar-refractivity contribution < 1.29 is 4.79 Å². The lowest BCUT2D eigenvalue weighted by atomic mass is 10.1. The third kappa shape index (κ3) is 2.47. The van der Waals surface area contributed by atoms with Crippen LogP contribution < -0.4 is 0 Å². The van der Waals surface area contributed by atoms with Crippen molar-refractivity contribution >= 4 is 5.78 Å². The van der Waals surface area contributed by atoms with Crippen LogP contribution in [0.4, 0.5) is 0 Å². The van der Waals surface area contributed by atoms with E-state index in [4.69, 9.17) is 0 Å². The summed E-state index contributed by atoms with van der Waals surface area (Å²) < 4.78 is 1.56. The van der Waals surface area contributed by atoms with Crippen molar-refractivity contribution in [2.75, 3.05) is 0 Å². The minimum absolute atomic E-state index is 0.0231. The van der Waals surface area contributed by atoms with Crippen molar-refractivity contribution in [3.05, 3.63) is 72.3 Å². The van der Waals surface area contributed by atoms with Crippen LogP contribution in [0, 0.1) is 0 Å². The fraction of sp³-hybridized carbons (Fsp3) is 0.0667. The van der Waals surface area contributed by atoms with Gasteiger partial charge in [-0.3, -0.25) is 9.78 Å². The summed E-state index contributed by atoms with van der Waals surface area (Å²) in [6, 6.07) is 13.1. The minimum atomic E-state index is -0.0231. The zero-order valence-corrected chi connectivity index (χ0v) is 10.7. The van der Waals surface area contributed by atoms with Crippen LogP contribution in [0.1, 0.15) is 16.1 Å². The lowest BCUT2D eigenvalue weighted by Gasteiger charge is -2.05. The number of hydrogen-bond acceptors (Lipinski definition) is 4. The number of ketones is 1. The van der Waals surface area contributed by atoms with Gasteiger partial charge in [-0.1, -0.05) is 23.4 Å². The molecule has 2 heterocycles. The van der Waals surface area contributed by atoms with E-state index in [1.54, 1.807) is 17.1 Å². The number of rotatable bonds is 4. The SMILES string of the molecule is O=C(Cc1ccncc1)c1cnnn1-c1ccccc1. The highest BCUT2D eigenvalue weighted by Gasteiger charge is 2.14. The Hall–Kier alpha value is -2.82. The topological polar surface area (TPSA) is 60.7 Å². The van der Waals surface area contributed by atoms with Crippen molar-refractivity contribution in [1.29, 1.82) is 0 Å². The highest BCUT2D eigenvalue weighted by Crippen LogP contribution is 2.11. The number of Topliss-reactive ketones (excluding diaryl/α,β-unsaturated/α-hetero) is 1. The van der Waals surface area contributed by atoms with Crippen molar-refractivity contribution in [1.82, 2.24) is 20.0 Å². The molecule has 5 heteroatoms. The van der Waals surface area contributed by atoms with Gasteiger partial charge in [-0.2, -0.15) is 0 Å². The van der Waals surface area contributed by atoms with E-state index >= 15 is 0 Å². The van der Waals surface area contributed by atoms with E-state index in [1.165, 1.54) is 6.20 Å². The Morgan fingerprint density at radius 3 is 2.55 bits per heavy atom. The standard InChI is InChI=1S/C15H12N4O/c20-15(10-12-6-8-16-9-7-12)14-11-17-18-19(14)13-4-2-1-3-5-13/h1-9,11H,10H2. The van der Waals surface area contributed by atoms with Crippen molar-refractivity contribution in [3.8, 4) is 5.69 Å². The lowest BCUT2D eigenvalue weighted by molar-refractivity contribution is 0.0985. The highest BCUT2D eigenvalue weighted by molar-refractivity contribution is 5.96. The van der Waals surface area contributed by atoms with Crippen LogP contribution in [0.15, 0.2) is 61.1 Å². The Labute approximate surface area is 115 Å². The summed E-state index contributed by atoms with van der Waals surface area (Å²) in [5.74, 6) is -0.0231. The first-order chi connectivity index (χ1) is 9.84. The lowest BCUT2D eigenvalue weighted by Crippen LogP contribution is -2.11. The molecule has 0 radical (unpaired) electrons. The van der Waals surface area contributed by atoms with Gasteiger partial charge in [0.25, 0.3) is 0 Å². The number of carbonyl (C=O) groups is 1. The molecule has 0 N–H and O–H groups in total. The Morgan fingerprint density at radius 2 is 1.80 bits per heavy atom. The second kappa shape index (κ2) is 5.44. The summed E-state index contributed by atoms with van der Waals surface area (Å²) in [6.07, 6.45) is 5.16. The number of para-hydroxylation sites is 1.